The molecule has 5 heteroatoms. The Kier molecular flexibility index (Phi) is 4.62. The molecule has 0 bridgehead atoms. The van der Waals surface area contributed by atoms with Gasteiger partial charge in [-0.1, -0.05) is 25.1 Å². The van der Waals surface area contributed by atoms with Crippen LogP contribution in [0.2, 0.25) is 0 Å². The molecule has 0 aliphatic rings. The number of hydrogen-bond acceptors (Lipinski definition) is 2. The van der Waals surface area contributed by atoms with Gasteiger partial charge in [0.15, 0.2) is 0 Å². The zero-order valence-corrected chi connectivity index (χ0v) is 12.3. The number of para-hydroxylation sites is 1. The summed E-state index contributed by atoms with van der Waals surface area (Å²) in [5.41, 5.74) is 1.01. The third-order valence-electron chi connectivity index (χ3n) is 3.64. The molecule has 0 aliphatic carbocycles. The Morgan fingerprint density at radius 1 is 1.29 bits per heavy atom. The van der Waals surface area contributed by atoms with Crippen molar-refractivity contribution in [2.75, 3.05) is 13.1 Å². The predicted molar refractivity (Wildman–Crippen MR) is 81.0 cm³/mol. The van der Waals surface area contributed by atoms with E-state index in [0.717, 1.165) is 10.9 Å². The quantitative estimate of drug-likeness (QED) is 0.886. The fraction of sp³-hybridized carbons (Fsp3) is 0.375. The van der Waals surface area contributed by atoms with Crippen LogP contribution < -0.4 is 0 Å². The number of aliphatic carboxylic acids is 1. The van der Waals surface area contributed by atoms with Crippen LogP contribution in [0.4, 0.5) is 0 Å². The van der Waals surface area contributed by atoms with Gasteiger partial charge in [-0.3, -0.25) is 9.59 Å². The molecule has 2 rings (SSSR count). The predicted octanol–water partition coefficient (Wildman–Crippen LogP) is 2.21. The molecular formula is C16H20N2O3. The van der Waals surface area contributed by atoms with Gasteiger partial charge in [0.1, 0.15) is 6.54 Å². The smallest absolute Gasteiger partial charge is 0.308 e. The van der Waals surface area contributed by atoms with Crippen LogP contribution in [-0.4, -0.2) is 39.5 Å². The van der Waals surface area contributed by atoms with Gasteiger partial charge >= 0.3 is 5.97 Å². The van der Waals surface area contributed by atoms with Gasteiger partial charge in [0.25, 0.3) is 0 Å². The molecule has 2 aromatic rings. The van der Waals surface area contributed by atoms with Gasteiger partial charge in [0.2, 0.25) is 5.91 Å². The molecule has 0 spiro atoms. The number of carboxylic acids is 1. The van der Waals surface area contributed by atoms with E-state index in [1.165, 1.54) is 0 Å². The number of rotatable bonds is 6. The van der Waals surface area contributed by atoms with Gasteiger partial charge in [0.05, 0.1) is 5.92 Å². The first-order valence-corrected chi connectivity index (χ1v) is 7.07. The lowest BCUT2D eigenvalue weighted by Crippen LogP contribution is -2.38. The maximum Gasteiger partial charge on any atom is 0.308 e. The van der Waals surface area contributed by atoms with Crippen molar-refractivity contribution in [3.63, 3.8) is 0 Å². The molecule has 0 saturated carbocycles. The lowest BCUT2D eigenvalue weighted by Gasteiger charge is -2.23. The van der Waals surface area contributed by atoms with Crippen molar-refractivity contribution < 1.29 is 14.7 Å². The zero-order chi connectivity index (χ0) is 15.4. The second-order valence-corrected chi connectivity index (χ2v) is 5.17. The molecule has 21 heavy (non-hydrogen) atoms. The first kappa shape index (κ1) is 15.1. The standard InChI is InChI=1S/C16H20N2O3/c1-3-17(10-12(2)16(20)21)15(19)11-18-9-8-13-6-4-5-7-14(13)18/h4-9,12H,3,10-11H2,1-2H3,(H,20,21). The molecule has 1 aromatic heterocycles. The monoisotopic (exact) mass is 288 g/mol. The Hall–Kier alpha value is -2.30. The van der Waals surface area contributed by atoms with Crippen molar-refractivity contribution in [1.29, 1.82) is 0 Å². The highest BCUT2D eigenvalue weighted by atomic mass is 16.4. The Morgan fingerprint density at radius 2 is 2.00 bits per heavy atom. The summed E-state index contributed by atoms with van der Waals surface area (Å²) in [5.74, 6) is -1.50. The van der Waals surface area contributed by atoms with Crippen molar-refractivity contribution in [3.8, 4) is 0 Å². The minimum Gasteiger partial charge on any atom is -0.481 e. The van der Waals surface area contributed by atoms with Crippen LogP contribution >= 0.6 is 0 Å². The fourth-order valence-corrected chi connectivity index (χ4v) is 2.34. The molecular weight excluding hydrogens is 268 g/mol. The first-order valence-electron chi connectivity index (χ1n) is 7.07. The van der Waals surface area contributed by atoms with Gasteiger partial charge < -0.3 is 14.6 Å². The number of aromatic nitrogens is 1. The summed E-state index contributed by atoms with van der Waals surface area (Å²) < 4.78 is 1.89. The van der Waals surface area contributed by atoms with Gasteiger partial charge in [0, 0.05) is 24.8 Å². The van der Waals surface area contributed by atoms with Crippen molar-refractivity contribution in [3.05, 3.63) is 36.5 Å². The van der Waals surface area contributed by atoms with Crippen LogP contribution in [0.15, 0.2) is 36.5 Å². The van der Waals surface area contributed by atoms with Crippen molar-refractivity contribution >= 4 is 22.8 Å². The largest absolute Gasteiger partial charge is 0.481 e. The van der Waals surface area contributed by atoms with Gasteiger partial charge in [-0.2, -0.15) is 0 Å². The average Bonchev–Trinajstić information content (AvgIpc) is 2.87. The highest BCUT2D eigenvalue weighted by molar-refractivity contribution is 5.83. The molecule has 1 amide bonds. The number of hydrogen-bond donors (Lipinski definition) is 1. The molecule has 1 unspecified atom stereocenters. The number of carbonyl (C=O) groups excluding carboxylic acids is 1. The van der Waals surface area contributed by atoms with Crippen molar-refractivity contribution in [1.82, 2.24) is 9.47 Å². The van der Waals surface area contributed by atoms with Gasteiger partial charge in [-0.05, 0) is 24.4 Å². The Bertz CT molecular complexity index is 648. The summed E-state index contributed by atoms with van der Waals surface area (Å²) in [6.07, 6.45) is 1.89. The molecule has 0 aliphatic heterocycles. The van der Waals surface area contributed by atoms with Crippen LogP contribution in [0.1, 0.15) is 13.8 Å². The molecule has 0 fully saturated rings. The number of amides is 1. The fourth-order valence-electron chi connectivity index (χ4n) is 2.34. The summed E-state index contributed by atoms with van der Waals surface area (Å²) in [4.78, 5) is 24.9. The number of likely N-dealkylation sites (N-methyl/N-ethyl adjacent to an activating group) is 1. The molecule has 0 saturated heterocycles. The van der Waals surface area contributed by atoms with E-state index in [-0.39, 0.29) is 19.0 Å². The lowest BCUT2D eigenvalue weighted by atomic mass is 10.1. The highest BCUT2D eigenvalue weighted by Gasteiger charge is 2.19. The van der Waals surface area contributed by atoms with Gasteiger partial charge in [-0.25, -0.2) is 0 Å². The third-order valence-corrected chi connectivity index (χ3v) is 3.64. The first-order chi connectivity index (χ1) is 10.0. The summed E-state index contributed by atoms with van der Waals surface area (Å²) >= 11 is 0. The Balaban J connectivity index is 2.10. The number of benzene rings is 1. The van der Waals surface area contributed by atoms with E-state index in [2.05, 4.69) is 0 Å². The van der Waals surface area contributed by atoms with E-state index in [1.54, 1.807) is 11.8 Å². The number of nitrogens with zero attached hydrogens (tertiary/aromatic N) is 2. The second-order valence-electron chi connectivity index (χ2n) is 5.17. The average molecular weight is 288 g/mol. The van der Waals surface area contributed by atoms with Crippen LogP contribution in [0, 0.1) is 5.92 Å². The zero-order valence-electron chi connectivity index (χ0n) is 12.3. The minimum absolute atomic E-state index is 0.0630. The van der Waals surface area contributed by atoms with Crippen molar-refractivity contribution in [2.24, 2.45) is 5.92 Å². The number of carboxylic acid groups (broad SMARTS) is 1. The van der Waals surface area contributed by atoms with E-state index in [9.17, 15) is 9.59 Å². The van der Waals surface area contributed by atoms with Crippen molar-refractivity contribution in [2.45, 2.75) is 20.4 Å². The Labute approximate surface area is 123 Å². The van der Waals surface area contributed by atoms with Crippen LogP contribution in [0.25, 0.3) is 10.9 Å². The molecule has 1 N–H and O–H groups in total. The Morgan fingerprint density at radius 3 is 2.67 bits per heavy atom. The van der Waals surface area contributed by atoms with E-state index in [1.807, 2.05) is 48.0 Å². The van der Waals surface area contributed by atoms with Crippen LogP contribution in [0.3, 0.4) is 0 Å². The summed E-state index contributed by atoms with van der Waals surface area (Å²) in [6, 6.07) is 9.84. The molecule has 1 atom stereocenters. The van der Waals surface area contributed by atoms with E-state index >= 15 is 0 Å². The minimum atomic E-state index is -0.882. The van der Waals surface area contributed by atoms with Gasteiger partial charge in [-0.15, -0.1) is 0 Å². The maximum atomic E-state index is 12.4. The molecule has 112 valence electrons. The van der Waals surface area contributed by atoms with E-state index < -0.39 is 11.9 Å². The number of carbonyl (C=O) groups is 2. The maximum absolute atomic E-state index is 12.4. The molecule has 5 nitrogen and oxygen atoms in total. The van der Waals surface area contributed by atoms with E-state index in [0.29, 0.717) is 6.54 Å². The topological polar surface area (TPSA) is 62.5 Å². The SMILES string of the molecule is CCN(CC(C)C(=O)O)C(=O)Cn1ccc2ccccc21. The number of fused-ring (bicyclic) bond motifs is 1. The molecule has 0 radical (unpaired) electrons. The van der Waals surface area contributed by atoms with Crippen LogP contribution in [-0.2, 0) is 16.1 Å². The summed E-state index contributed by atoms with van der Waals surface area (Å²) in [7, 11) is 0. The molecule has 1 heterocycles. The van der Waals surface area contributed by atoms with Crippen LogP contribution in [0.5, 0.6) is 0 Å². The highest BCUT2D eigenvalue weighted by Crippen LogP contribution is 2.15. The third kappa shape index (κ3) is 3.42. The van der Waals surface area contributed by atoms with E-state index in [4.69, 9.17) is 5.11 Å². The summed E-state index contributed by atoms with van der Waals surface area (Å²) in [6.45, 7) is 4.46. The molecule has 1 aromatic carbocycles. The summed E-state index contributed by atoms with van der Waals surface area (Å²) in [5, 5.41) is 10.1. The normalized spacial score (nSPS) is 12.3. The lowest BCUT2D eigenvalue weighted by molar-refractivity contribution is -0.143. The second kappa shape index (κ2) is 6.43.